The van der Waals surface area contributed by atoms with Gasteiger partial charge in [0.15, 0.2) is 0 Å². The largest absolute Gasteiger partial charge is 0.479 e. The normalized spacial score (nSPS) is 13.4. The van der Waals surface area contributed by atoms with Gasteiger partial charge in [-0.25, -0.2) is 13.1 Å². The molecule has 0 spiro atoms. The first kappa shape index (κ1) is 23.2. The average Bonchev–Trinajstić information content (AvgIpc) is 3.22. The second-order valence-electron chi connectivity index (χ2n) is 7.06. The number of methoxy groups -OCH3 is 1. The number of aromatic nitrogens is 4. The Morgan fingerprint density at radius 1 is 1.22 bits per heavy atom. The van der Waals surface area contributed by atoms with E-state index in [2.05, 4.69) is 10.2 Å². The Morgan fingerprint density at radius 2 is 1.91 bits per heavy atom. The average molecular weight is 462 g/mol. The molecule has 0 radical (unpaired) electrons. The van der Waals surface area contributed by atoms with Crippen LogP contribution in [0.4, 0.5) is 0 Å². The van der Waals surface area contributed by atoms with E-state index in [1.807, 2.05) is 0 Å². The third kappa shape index (κ3) is 4.55. The molecule has 0 fully saturated rings. The number of hydrogen-bond donors (Lipinski definition) is 2. The molecule has 170 valence electrons. The van der Waals surface area contributed by atoms with Gasteiger partial charge in [-0.1, -0.05) is 19.1 Å². The van der Waals surface area contributed by atoms with Gasteiger partial charge in [0, 0.05) is 25.6 Å². The zero-order valence-corrected chi connectivity index (χ0v) is 18.5. The van der Waals surface area contributed by atoms with Crippen molar-refractivity contribution in [2.24, 2.45) is 0 Å². The fourth-order valence-electron chi connectivity index (χ4n) is 2.91. The van der Waals surface area contributed by atoms with E-state index in [1.54, 1.807) is 35.9 Å². The molecule has 1 aromatic carbocycles. The van der Waals surface area contributed by atoms with Crippen LogP contribution >= 0.6 is 0 Å². The summed E-state index contributed by atoms with van der Waals surface area (Å²) in [6, 6.07) is 9.65. The minimum absolute atomic E-state index is 0.0278. The van der Waals surface area contributed by atoms with Gasteiger partial charge in [-0.3, -0.25) is 14.2 Å². The van der Waals surface area contributed by atoms with Crippen molar-refractivity contribution in [3.8, 4) is 22.7 Å². The molecule has 2 N–H and O–H groups in total. The minimum Gasteiger partial charge on any atom is -0.479 e. The molecule has 32 heavy (non-hydrogen) atoms. The molecule has 11 nitrogen and oxygen atoms in total. The van der Waals surface area contributed by atoms with Crippen molar-refractivity contribution < 1.29 is 23.1 Å². The van der Waals surface area contributed by atoms with Crippen molar-refractivity contribution in [3.63, 3.8) is 0 Å². The number of nitrogens with zero attached hydrogens (tertiary/aromatic N) is 4. The number of hydrogen-bond acceptors (Lipinski definition) is 8. The zero-order valence-electron chi connectivity index (χ0n) is 17.7. The number of amides is 1. The second-order valence-corrected chi connectivity index (χ2v) is 9.04. The van der Waals surface area contributed by atoms with Crippen molar-refractivity contribution in [1.29, 1.82) is 0 Å². The first-order valence-corrected chi connectivity index (χ1v) is 11.1. The first-order chi connectivity index (χ1) is 15.1. The van der Waals surface area contributed by atoms with Crippen LogP contribution in [-0.2, 0) is 19.9 Å². The highest BCUT2D eigenvalue weighted by atomic mass is 32.2. The van der Waals surface area contributed by atoms with Crippen LogP contribution in [0.1, 0.15) is 26.7 Å². The molecule has 0 bridgehead atoms. The van der Waals surface area contributed by atoms with E-state index in [0.717, 1.165) is 13.1 Å². The van der Waals surface area contributed by atoms with Crippen LogP contribution in [0.5, 0.6) is 5.88 Å². The van der Waals surface area contributed by atoms with E-state index in [0.29, 0.717) is 33.7 Å². The van der Waals surface area contributed by atoms with Gasteiger partial charge in [0.05, 0.1) is 12.8 Å². The van der Waals surface area contributed by atoms with E-state index in [-0.39, 0.29) is 6.42 Å². The first-order valence-electron chi connectivity index (χ1n) is 9.67. The lowest BCUT2D eigenvalue weighted by molar-refractivity contribution is -0.119. The molecule has 2 heterocycles. The van der Waals surface area contributed by atoms with Crippen LogP contribution in [0.25, 0.3) is 16.8 Å². The minimum atomic E-state index is -4.58. The van der Waals surface area contributed by atoms with E-state index in [9.17, 15) is 23.1 Å². The number of carbonyl (C=O) groups excluding carboxylic acids is 1. The SMILES string of the molecule is CCCC(=O)NS(=O)(=O)[C@@](C)(O)n1ccc(-c2ccc(-n3ncc(OC)n3)cc2)cc1=O. The van der Waals surface area contributed by atoms with Crippen molar-refractivity contribution >= 4 is 15.9 Å². The number of sulfonamides is 1. The standard InChI is InChI=1S/C20H23N5O6S/c1-4-5-17(26)23-32(29,30)20(2,28)24-11-10-15(12-19(24)27)14-6-8-16(9-7-14)25-21-13-18(22-25)31-3/h6-13,28H,4-5H2,1-3H3,(H,23,26)/t20-/m1/s1. The van der Waals surface area contributed by atoms with Crippen molar-refractivity contribution in [3.05, 3.63) is 59.1 Å². The Hall–Kier alpha value is -3.51. The predicted octanol–water partition coefficient (Wildman–Crippen LogP) is 0.973. The molecule has 0 saturated heterocycles. The fourth-order valence-corrected chi connectivity index (χ4v) is 3.91. The van der Waals surface area contributed by atoms with Crippen molar-refractivity contribution in [1.82, 2.24) is 24.3 Å². The Morgan fingerprint density at radius 3 is 2.47 bits per heavy atom. The highest BCUT2D eigenvalue weighted by molar-refractivity contribution is 7.90. The molecule has 12 heteroatoms. The van der Waals surface area contributed by atoms with Crippen LogP contribution in [0, 0.1) is 0 Å². The van der Waals surface area contributed by atoms with Crippen molar-refractivity contribution in [2.75, 3.05) is 7.11 Å². The summed E-state index contributed by atoms with van der Waals surface area (Å²) < 4.78 is 32.4. The molecule has 0 aliphatic rings. The maximum absolute atomic E-state index is 12.6. The third-order valence-corrected chi connectivity index (χ3v) is 6.42. The molecule has 0 aliphatic heterocycles. The molecule has 2 aromatic heterocycles. The van der Waals surface area contributed by atoms with E-state index >= 15 is 0 Å². The monoisotopic (exact) mass is 461 g/mol. The fraction of sp³-hybridized carbons (Fsp3) is 0.300. The van der Waals surface area contributed by atoms with Gasteiger partial charge in [0.1, 0.15) is 6.20 Å². The van der Waals surface area contributed by atoms with Gasteiger partial charge in [0.2, 0.25) is 5.91 Å². The van der Waals surface area contributed by atoms with Crippen LogP contribution in [0.15, 0.2) is 53.6 Å². The number of nitrogens with one attached hydrogen (secondary N) is 1. The molecule has 0 saturated carbocycles. The summed E-state index contributed by atoms with van der Waals surface area (Å²) in [5.74, 6) is -0.396. The molecule has 1 amide bonds. The molecule has 3 rings (SSSR count). The van der Waals surface area contributed by atoms with Gasteiger partial charge in [-0.15, -0.1) is 9.90 Å². The molecule has 0 unspecified atom stereocenters. The van der Waals surface area contributed by atoms with Crippen LogP contribution in [0.3, 0.4) is 0 Å². The van der Waals surface area contributed by atoms with Crippen LogP contribution < -0.4 is 15.0 Å². The lowest BCUT2D eigenvalue weighted by Crippen LogP contribution is -2.51. The Balaban J connectivity index is 1.87. The lowest BCUT2D eigenvalue weighted by atomic mass is 10.1. The van der Waals surface area contributed by atoms with E-state index < -0.39 is 26.5 Å². The third-order valence-electron chi connectivity index (χ3n) is 4.71. The number of benzene rings is 1. The highest BCUT2D eigenvalue weighted by Crippen LogP contribution is 2.22. The number of ether oxygens (including phenoxy) is 1. The van der Waals surface area contributed by atoms with E-state index in [1.165, 1.54) is 30.2 Å². The predicted molar refractivity (Wildman–Crippen MR) is 115 cm³/mol. The summed E-state index contributed by atoms with van der Waals surface area (Å²) in [6.45, 7) is 2.64. The number of rotatable bonds is 8. The maximum Gasteiger partial charge on any atom is 0.285 e. The number of pyridine rings is 1. The maximum atomic E-state index is 12.6. The summed E-state index contributed by atoms with van der Waals surface area (Å²) in [7, 11) is -3.09. The lowest BCUT2D eigenvalue weighted by Gasteiger charge is -2.26. The second kappa shape index (κ2) is 8.93. The summed E-state index contributed by atoms with van der Waals surface area (Å²) in [5, 5.41) is 16.1. The molecule has 1 atom stereocenters. The number of carbonyl (C=O) groups is 1. The molecular formula is C20H23N5O6S. The summed E-state index contributed by atoms with van der Waals surface area (Å²) in [4.78, 5) is 25.7. The van der Waals surface area contributed by atoms with E-state index in [4.69, 9.17) is 4.74 Å². The van der Waals surface area contributed by atoms with Gasteiger partial charge in [0.25, 0.3) is 26.5 Å². The van der Waals surface area contributed by atoms with Gasteiger partial charge in [-0.2, -0.15) is 5.10 Å². The summed E-state index contributed by atoms with van der Waals surface area (Å²) in [5.41, 5.74) is 1.09. The molecular weight excluding hydrogens is 438 g/mol. The molecule has 0 aliphatic carbocycles. The Bertz CT molecular complexity index is 1280. The van der Waals surface area contributed by atoms with Gasteiger partial charge in [-0.05, 0) is 35.7 Å². The zero-order chi connectivity index (χ0) is 23.5. The Labute approximate surface area is 184 Å². The van der Waals surface area contributed by atoms with Crippen molar-refractivity contribution in [2.45, 2.75) is 31.7 Å². The van der Waals surface area contributed by atoms with Gasteiger partial charge >= 0.3 is 0 Å². The topological polar surface area (TPSA) is 145 Å². The van der Waals surface area contributed by atoms with Crippen LogP contribution in [-0.4, -0.2) is 46.1 Å². The quantitative estimate of drug-likeness (QED) is 0.505. The smallest absolute Gasteiger partial charge is 0.285 e. The Kier molecular flexibility index (Phi) is 6.46. The summed E-state index contributed by atoms with van der Waals surface area (Å²) in [6.07, 6.45) is 3.04. The number of aliphatic hydroxyl groups is 1. The van der Waals surface area contributed by atoms with Gasteiger partial charge < -0.3 is 9.84 Å². The van der Waals surface area contributed by atoms with Crippen LogP contribution in [0.2, 0.25) is 0 Å². The molecule has 3 aromatic rings. The summed E-state index contributed by atoms with van der Waals surface area (Å²) >= 11 is 0. The highest BCUT2D eigenvalue weighted by Gasteiger charge is 2.40.